The number of fused-ring (bicyclic) bond motifs is 1. The number of phenolic OH excluding ortho intramolecular Hbond substituents is 1. The lowest BCUT2D eigenvalue weighted by molar-refractivity contribution is 0.475. The summed E-state index contributed by atoms with van der Waals surface area (Å²) in [6.45, 7) is 2.16. The molecule has 0 aromatic heterocycles. The van der Waals surface area contributed by atoms with Gasteiger partial charge in [0.05, 0.1) is 0 Å². The van der Waals surface area contributed by atoms with Crippen LogP contribution in [-0.4, -0.2) is 23.4 Å². The molecule has 1 N–H and O–H groups in total. The van der Waals surface area contributed by atoms with Gasteiger partial charge in [0.1, 0.15) is 11.6 Å². The highest BCUT2D eigenvalue weighted by molar-refractivity contribution is 8.00. The predicted octanol–water partition coefficient (Wildman–Crippen LogP) is 4.54. The smallest absolute Gasteiger partial charge is 0.123 e. The van der Waals surface area contributed by atoms with Gasteiger partial charge in [0, 0.05) is 35.0 Å². The fourth-order valence-electron chi connectivity index (χ4n) is 3.95. The molecule has 0 radical (unpaired) electrons. The number of halogens is 1. The minimum absolute atomic E-state index is 0.167. The van der Waals surface area contributed by atoms with E-state index < -0.39 is 0 Å². The van der Waals surface area contributed by atoms with Crippen molar-refractivity contribution in [2.45, 2.75) is 23.0 Å². The Labute approximate surface area is 140 Å². The first-order chi connectivity index (χ1) is 11.2. The SMILES string of the molecule is Oc1cccc(N2C[C@H]3CC(Sc4ccc(F)cc4)C[C@H]3C2)c1. The molecule has 2 aromatic carbocycles. The Morgan fingerprint density at radius 2 is 1.70 bits per heavy atom. The Hall–Kier alpha value is -1.68. The second-order valence-electron chi connectivity index (χ2n) is 6.61. The lowest BCUT2D eigenvalue weighted by Gasteiger charge is -2.21. The number of thioether (sulfide) groups is 1. The molecule has 2 aromatic rings. The number of rotatable bonds is 3. The maximum absolute atomic E-state index is 13.0. The first-order valence-corrected chi connectivity index (χ1v) is 9.01. The lowest BCUT2D eigenvalue weighted by atomic mass is 10.0. The monoisotopic (exact) mass is 329 g/mol. The summed E-state index contributed by atoms with van der Waals surface area (Å²) < 4.78 is 13.0. The molecule has 1 saturated heterocycles. The molecule has 120 valence electrons. The Kier molecular flexibility index (Phi) is 3.93. The number of anilines is 1. The molecule has 2 fully saturated rings. The maximum atomic E-state index is 13.0. The first kappa shape index (κ1) is 14.9. The van der Waals surface area contributed by atoms with Gasteiger partial charge in [-0.2, -0.15) is 0 Å². The van der Waals surface area contributed by atoms with Gasteiger partial charge in [-0.15, -0.1) is 11.8 Å². The van der Waals surface area contributed by atoms with Crippen LogP contribution in [0, 0.1) is 17.7 Å². The third-order valence-electron chi connectivity index (χ3n) is 5.02. The van der Waals surface area contributed by atoms with Crippen molar-refractivity contribution >= 4 is 17.4 Å². The van der Waals surface area contributed by atoms with Gasteiger partial charge in [0.15, 0.2) is 0 Å². The number of phenols is 1. The summed E-state index contributed by atoms with van der Waals surface area (Å²) >= 11 is 1.89. The van der Waals surface area contributed by atoms with Crippen LogP contribution in [0.4, 0.5) is 10.1 Å². The molecule has 2 nitrogen and oxygen atoms in total. The zero-order valence-corrected chi connectivity index (χ0v) is 13.7. The molecule has 0 spiro atoms. The molecule has 1 saturated carbocycles. The topological polar surface area (TPSA) is 23.5 Å². The van der Waals surface area contributed by atoms with Gasteiger partial charge in [-0.25, -0.2) is 4.39 Å². The number of aromatic hydroxyl groups is 1. The molecule has 1 aliphatic heterocycles. The van der Waals surface area contributed by atoms with Crippen molar-refractivity contribution in [3.8, 4) is 5.75 Å². The zero-order chi connectivity index (χ0) is 15.8. The second kappa shape index (κ2) is 6.08. The van der Waals surface area contributed by atoms with Crippen molar-refractivity contribution in [3.05, 3.63) is 54.3 Å². The third kappa shape index (κ3) is 3.18. The molecule has 4 rings (SSSR count). The Bertz CT molecular complexity index is 676. The molecular formula is C19H20FNOS. The summed E-state index contributed by atoms with van der Waals surface area (Å²) in [4.78, 5) is 3.56. The number of nitrogens with zero attached hydrogens (tertiary/aromatic N) is 1. The summed E-state index contributed by atoms with van der Waals surface area (Å²) in [5, 5.41) is 10.3. The Balaban J connectivity index is 1.37. The third-order valence-corrected chi connectivity index (χ3v) is 6.28. The summed E-state index contributed by atoms with van der Waals surface area (Å²) in [6, 6.07) is 14.4. The fourth-order valence-corrected chi connectivity index (χ4v) is 5.31. The summed E-state index contributed by atoms with van der Waals surface area (Å²) in [5.74, 6) is 1.63. The number of hydrogen-bond acceptors (Lipinski definition) is 3. The van der Waals surface area contributed by atoms with Crippen LogP contribution in [0.2, 0.25) is 0 Å². The van der Waals surface area contributed by atoms with Crippen molar-refractivity contribution in [2.24, 2.45) is 11.8 Å². The van der Waals surface area contributed by atoms with Crippen molar-refractivity contribution < 1.29 is 9.50 Å². The van der Waals surface area contributed by atoms with Gasteiger partial charge in [0.25, 0.3) is 0 Å². The van der Waals surface area contributed by atoms with E-state index in [4.69, 9.17) is 0 Å². The Morgan fingerprint density at radius 1 is 1.00 bits per heavy atom. The van der Waals surface area contributed by atoms with Crippen molar-refractivity contribution in [1.29, 1.82) is 0 Å². The number of benzene rings is 2. The summed E-state index contributed by atoms with van der Waals surface area (Å²) in [5.41, 5.74) is 1.13. The van der Waals surface area contributed by atoms with Crippen LogP contribution in [0.1, 0.15) is 12.8 Å². The molecular weight excluding hydrogens is 309 g/mol. The molecule has 1 heterocycles. The van der Waals surface area contributed by atoms with Crippen LogP contribution in [0.5, 0.6) is 5.75 Å². The standard InChI is InChI=1S/C19H20FNOS/c20-15-4-6-18(7-5-15)23-19-8-13-11-21(12-14(13)9-19)16-2-1-3-17(22)10-16/h1-7,10,13-14,19,22H,8-9,11-12H2/t13-,14+,19?. The molecule has 0 bridgehead atoms. The minimum Gasteiger partial charge on any atom is -0.508 e. The highest BCUT2D eigenvalue weighted by atomic mass is 32.2. The zero-order valence-electron chi connectivity index (χ0n) is 12.9. The predicted molar refractivity (Wildman–Crippen MR) is 92.6 cm³/mol. The van der Waals surface area contributed by atoms with E-state index in [-0.39, 0.29) is 5.82 Å². The van der Waals surface area contributed by atoms with Crippen LogP contribution in [0.25, 0.3) is 0 Å². The van der Waals surface area contributed by atoms with E-state index in [0.29, 0.717) is 11.0 Å². The molecule has 4 heteroatoms. The van der Waals surface area contributed by atoms with E-state index in [0.717, 1.165) is 30.6 Å². The normalized spacial score (nSPS) is 26.5. The fraction of sp³-hybridized carbons (Fsp3) is 0.368. The molecule has 2 aliphatic rings. The second-order valence-corrected chi connectivity index (χ2v) is 7.98. The van der Waals surface area contributed by atoms with E-state index in [1.807, 2.05) is 36.0 Å². The van der Waals surface area contributed by atoms with Gasteiger partial charge in [-0.1, -0.05) is 6.07 Å². The van der Waals surface area contributed by atoms with Crippen molar-refractivity contribution in [3.63, 3.8) is 0 Å². The highest BCUT2D eigenvalue weighted by Crippen LogP contribution is 2.46. The van der Waals surface area contributed by atoms with Gasteiger partial charge in [-0.05, 0) is 61.1 Å². The highest BCUT2D eigenvalue weighted by Gasteiger charge is 2.41. The van der Waals surface area contributed by atoms with E-state index in [2.05, 4.69) is 11.0 Å². The van der Waals surface area contributed by atoms with Crippen LogP contribution in [0.15, 0.2) is 53.4 Å². The van der Waals surface area contributed by atoms with Crippen LogP contribution >= 0.6 is 11.8 Å². The minimum atomic E-state index is -0.167. The lowest BCUT2D eigenvalue weighted by Crippen LogP contribution is -2.21. The molecule has 3 atom stereocenters. The number of hydrogen-bond donors (Lipinski definition) is 1. The van der Waals surface area contributed by atoms with Gasteiger partial charge in [0.2, 0.25) is 0 Å². The van der Waals surface area contributed by atoms with Gasteiger partial charge in [-0.3, -0.25) is 0 Å². The van der Waals surface area contributed by atoms with Crippen LogP contribution in [-0.2, 0) is 0 Å². The summed E-state index contributed by atoms with van der Waals surface area (Å²) in [6.07, 6.45) is 2.45. The van der Waals surface area contributed by atoms with Crippen LogP contribution in [0.3, 0.4) is 0 Å². The molecule has 1 unspecified atom stereocenters. The maximum Gasteiger partial charge on any atom is 0.123 e. The first-order valence-electron chi connectivity index (χ1n) is 8.13. The molecule has 1 aliphatic carbocycles. The van der Waals surface area contributed by atoms with Gasteiger partial charge < -0.3 is 10.0 Å². The van der Waals surface area contributed by atoms with Crippen LogP contribution < -0.4 is 4.90 Å². The largest absolute Gasteiger partial charge is 0.508 e. The summed E-state index contributed by atoms with van der Waals surface area (Å²) in [7, 11) is 0. The average Bonchev–Trinajstić information content (AvgIpc) is 3.08. The van der Waals surface area contributed by atoms with E-state index in [9.17, 15) is 9.50 Å². The quantitative estimate of drug-likeness (QED) is 0.894. The Morgan fingerprint density at radius 3 is 2.35 bits per heavy atom. The molecule has 23 heavy (non-hydrogen) atoms. The van der Waals surface area contributed by atoms with Crippen molar-refractivity contribution in [1.82, 2.24) is 0 Å². The average molecular weight is 329 g/mol. The van der Waals surface area contributed by atoms with Crippen molar-refractivity contribution in [2.75, 3.05) is 18.0 Å². The van der Waals surface area contributed by atoms with E-state index in [1.54, 1.807) is 18.2 Å². The van der Waals surface area contributed by atoms with Gasteiger partial charge >= 0.3 is 0 Å². The van der Waals surface area contributed by atoms with E-state index >= 15 is 0 Å². The van der Waals surface area contributed by atoms with E-state index in [1.165, 1.54) is 17.7 Å². The molecule has 0 amide bonds.